The molecule has 1 aromatic heterocycles. The summed E-state index contributed by atoms with van der Waals surface area (Å²) in [5.41, 5.74) is 1.57. The first-order chi connectivity index (χ1) is 13.5. The van der Waals surface area contributed by atoms with Gasteiger partial charge in [0, 0.05) is 22.0 Å². The zero-order valence-electron chi connectivity index (χ0n) is 14.8. The third kappa shape index (κ3) is 2.67. The Hall–Kier alpha value is -2.88. The van der Waals surface area contributed by atoms with Crippen LogP contribution in [-0.2, 0) is 5.60 Å². The molecule has 3 aromatic rings. The van der Waals surface area contributed by atoms with Crippen molar-refractivity contribution in [1.29, 1.82) is 5.26 Å². The summed E-state index contributed by atoms with van der Waals surface area (Å²) in [4.78, 5) is 12.5. The normalized spacial score (nSPS) is 28.0. The Morgan fingerprint density at radius 2 is 2.11 bits per heavy atom. The van der Waals surface area contributed by atoms with E-state index in [4.69, 9.17) is 16.9 Å². The zero-order chi connectivity index (χ0) is 19.5. The fourth-order valence-corrected chi connectivity index (χ4v) is 4.88. The smallest absolute Gasteiger partial charge is 0.251 e. The highest BCUT2D eigenvalue weighted by Gasteiger charge is 2.62. The molecule has 6 nitrogen and oxygen atoms in total. The maximum absolute atomic E-state index is 12.5. The van der Waals surface area contributed by atoms with Gasteiger partial charge in [-0.2, -0.15) is 10.4 Å². The van der Waals surface area contributed by atoms with Crippen LogP contribution < -0.4 is 5.32 Å². The Bertz CT molecular complexity index is 1140. The van der Waals surface area contributed by atoms with E-state index in [9.17, 15) is 9.90 Å². The van der Waals surface area contributed by atoms with Crippen molar-refractivity contribution in [3.8, 4) is 6.07 Å². The van der Waals surface area contributed by atoms with Gasteiger partial charge in [-0.05, 0) is 60.6 Å². The van der Waals surface area contributed by atoms with Gasteiger partial charge in [-0.15, -0.1) is 0 Å². The minimum Gasteiger partial charge on any atom is -0.385 e. The molecule has 0 aliphatic heterocycles. The fourth-order valence-electron chi connectivity index (χ4n) is 4.66. The first kappa shape index (κ1) is 17.2. The Kier molecular flexibility index (Phi) is 3.73. The summed E-state index contributed by atoms with van der Waals surface area (Å²) in [6, 6.07) is 12.4. The van der Waals surface area contributed by atoms with E-state index in [1.54, 1.807) is 36.5 Å². The lowest BCUT2D eigenvalue weighted by molar-refractivity contribution is 0.0293. The van der Waals surface area contributed by atoms with E-state index in [0.29, 0.717) is 29.0 Å². The second-order valence-corrected chi connectivity index (χ2v) is 8.18. The molecule has 28 heavy (non-hydrogen) atoms. The van der Waals surface area contributed by atoms with Crippen molar-refractivity contribution in [3.63, 3.8) is 0 Å². The van der Waals surface area contributed by atoms with Crippen molar-refractivity contribution in [2.45, 2.75) is 24.5 Å². The first-order valence-corrected chi connectivity index (χ1v) is 9.53. The van der Waals surface area contributed by atoms with Crippen LogP contribution in [0.5, 0.6) is 0 Å². The molecule has 5 rings (SSSR count). The van der Waals surface area contributed by atoms with Gasteiger partial charge < -0.3 is 10.4 Å². The van der Waals surface area contributed by atoms with Crippen LogP contribution >= 0.6 is 11.6 Å². The average Bonchev–Trinajstić information content (AvgIpc) is 3.06. The van der Waals surface area contributed by atoms with Gasteiger partial charge in [0.1, 0.15) is 0 Å². The average molecular weight is 393 g/mol. The van der Waals surface area contributed by atoms with Crippen LogP contribution in [0.15, 0.2) is 42.6 Å². The number of fused-ring (bicyclic) bond motifs is 2. The lowest BCUT2D eigenvalue weighted by atomic mass is 9.86. The molecule has 0 bridgehead atoms. The molecule has 2 saturated carbocycles. The van der Waals surface area contributed by atoms with Crippen LogP contribution in [0.4, 0.5) is 0 Å². The number of amides is 1. The first-order valence-electron chi connectivity index (χ1n) is 9.15. The van der Waals surface area contributed by atoms with Crippen molar-refractivity contribution in [1.82, 2.24) is 15.5 Å². The molecular weight excluding hydrogens is 376 g/mol. The van der Waals surface area contributed by atoms with Crippen LogP contribution in [0, 0.1) is 23.2 Å². The molecule has 0 spiro atoms. The molecule has 4 atom stereocenters. The Labute approximate surface area is 166 Å². The molecule has 0 unspecified atom stereocenters. The largest absolute Gasteiger partial charge is 0.385 e. The van der Waals surface area contributed by atoms with Gasteiger partial charge in [0.2, 0.25) is 0 Å². The quantitative estimate of drug-likeness (QED) is 0.637. The molecule has 3 N–H and O–H groups in total. The van der Waals surface area contributed by atoms with Gasteiger partial charge in [-0.3, -0.25) is 9.89 Å². The van der Waals surface area contributed by atoms with Gasteiger partial charge in [-0.25, -0.2) is 0 Å². The number of halogens is 1. The van der Waals surface area contributed by atoms with Crippen LogP contribution in [0.3, 0.4) is 0 Å². The topological polar surface area (TPSA) is 102 Å². The summed E-state index contributed by atoms with van der Waals surface area (Å²) in [7, 11) is 0. The molecule has 1 heterocycles. The summed E-state index contributed by atoms with van der Waals surface area (Å²) in [6.07, 6.45) is 2.85. The lowest BCUT2D eigenvalue weighted by Crippen LogP contribution is -2.33. The highest BCUT2D eigenvalue weighted by atomic mass is 35.5. The predicted octanol–water partition coefficient (Wildman–Crippen LogP) is 3.11. The van der Waals surface area contributed by atoms with Crippen molar-refractivity contribution >= 4 is 28.4 Å². The van der Waals surface area contributed by atoms with Crippen molar-refractivity contribution in [2.24, 2.45) is 11.8 Å². The van der Waals surface area contributed by atoms with Gasteiger partial charge in [0.15, 0.2) is 0 Å². The Morgan fingerprint density at radius 3 is 2.86 bits per heavy atom. The molecule has 2 fully saturated rings. The van der Waals surface area contributed by atoms with E-state index >= 15 is 0 Å². The molecule has 1 amide bonds. The Balaban J connectivity index is 1.32. The predicted molar refractivity (Wildman–Crippen MR) is 104 cm³/mol. The molecule has 2 aliphatic rings. The minimum absolute atomic E-state index is 0.0533. The number of hydrogen-bond acceptors (Lipinski definition) is 4. The van der Waals surface area contributed by atoms with Crippen LogP contribution in [0.2, 0.25) is 5.02 Å². The Morgan fingerprint density at radius 1 is 1.32 bits per heavy atom. The molecule has 7 heteroatoms. The maximum Gasteiger partial charge on any atom is 0.251 e. The number of benzene rings is 2. The van der Waals surface area contributed by atoms with Crippen molar-refractivity contribution < 1.29 is 9.90 Å². The van der Waals surface area contributed by atoms with Crippen LogP contribution in [0.1, 0.15) is 34.3 Å². The van der Waals surface area contributed by atoms with Gasteiger partial charge >= 0.3 is 0 Å². The van der Waals surface area contributed by atoms with Crippen LogP contribution in [-0.4, -0.2) is 27.3 Å². The highest BCUT2D eigenvalue weighted by Crippen LogP contribution is 2.60. The van der Waals surface area contributed by atoms with Gasteiger partial charge in [-0.1, -0.05) is 17.7 Å². The SMILES string of the molecule is N#Cc1cccc(C(=O)N[C@@H]2[C@@H]3C[C@@](O)(c4cc(Cl)cc5[nH]ncc45)C[C@@H]32)c1. The lowest BCUT2D eigenvalue weighted by Gasteiger charge is -2.27. The van der Waals surface area contributed by atoms with E-state index < -0.39 is 5.60 Å². The number of H-pyrrole nitrogens is 1. The number of carbonyl (C=O) groups is 1. The van der Waals surface area contributed by atoms with E-state index in [1.807, 2.05) is 12.1 Å². The molecule has 0 saturated heterocycles. The third-order valence-corrected chi connectivity index (χ3v) is 6.27. The monoisotopic (exact) mass is 392 g/mol. The molecule has 0 radical (unpaired) electrons. The fraction of sp³-hybridized carbons (Fsp3) is 0.286. The summed E-state index contributed by atoms with van der Waals surface area (Å²) in [5, 5.41) is 31.7. The standard InChI is InChI=1S/C21H17ClN4O2/c22-13-5-17(16-10-24-26-18(16)6-13)21(28)7-14-15(8-21)19(14)25-20(27)12-3-1-2-11(4-12)9-23/h1-6,10,14-15,19,28H,7-8H2,(H,24,26)(H,25,27)/t14-,15+,19-,21+. The third-order valence-electron chi connectivity index (χ3n) is 6.05. The highest BCUT2D eigenvalue weighted by molar-refractivity contribution is 6.31. The second kappa shape index (κ2) is 6.06. The summed E-state index contributed by atoms with van der Waals surface area (Å²) in [6.45, 7) is 0. The number of rotatable bonds is 3. The summed E-state index contributed by atoms with van der Waals surface area (Å²) >= 11 is 6.22. The minimum atomic E-state index is -0.968. The molecule has 140 valence electrons. The second-order valence-electron chi connectivity index (χ2n) is 7.74. The maximum atomic E-state index is 12.5. The van der Waals surface area contributed by atoms with E-state index in [1.165, 1.54) is 0 Å². The van der Waals surface area contributed by atoms with E-state index in [2.05, 4.69) is 15.5 Å². The van der Waals surface area contributed by atoms with Crippen molar-refractivity contribution in [2.75, 3.05) is 0 Å². The summed E-state index contributed by atoms with van der Waals surface area (Å²) in [5.74, 6) is 0.281. The van der Waals surface area contributed by atoms with E-state index in [0.717, 1.165) is 16.5 Å². The number of nitrogens with one attached hydrogen (secondary N) is 2. The molecule has 2 aromatic carbocycles. The van der Waals surface area contributed by atoms with Gasteiger partial charge in [0.25, 0.3) is 5.91 Å². The number of nitrogens with zero attached hydrogens (tertiary/aromatic N) is 2. The van der Waals surface area contributed by atoms with Crippen LogP contribution in [0.25, 0.3) is 10.9 Å². The summed E-state index contributed by atoms with van der Waals surface area (Å²) < 4.78 is 0. The number of carbonyl (C=O) groups excluding carboxylic acids is 1. The number of hydrogen-bond donors (Lipinski definition) is 3. The number of aliphatic hydroxyl groups is 1. The van der Waals surface area contributed by atoms with Gasteiger partial charge in [0.05, 0.1) is 28.9 Å². The number of aromatic amines is 1. The van der Waals surface area contributed by atoms with E-state index in [-0.39, 0.29) is 23.8 Å². The number of aromatic nitrogens is 2. The number of nitriles is 1. The molecular formula is C21H17ClN4O2. The zero-order valence-corrected chi connectivity index (χ0v) is 15.6. The van der Waals surface area contributed by atoms with Crippen molar-refractivity contribution in [3.05, 3.63) is 64.3 Å². The molecule has 2 aliphatic carbocycles.